The number of benzene rings is 1. The molecule has 4 heteroatoms. The fourth-order valence-corrected chi connectivity index (χ4v) is 2.62. The minimum Gasteiger partial charge on any atom is -0.497 e. The first-order valence-corrected chi connectivity index (χ1v) is 7.35. The van der Waals surface area contributed by atoms with Crippen LogP contribution in [-0.2, 0) is 6.42 Å². The van der Waals surface area contributed by atoms with Gasteiger partial charge >= 0.3 is 0 Å². The first kappa shape index (κ1) is 14.0. The Hall–Kier alpha value is -1.39. The van der Waals surface area contributed by atoms with Crippen molar-refractivity contribution in [2.75, 3.05) is 13.7 Å². The lowest BCUT2D eigenvalue weighted by Crippen LogP contribution is -2.21. The molecule has 1 unspecified atom stereocenters. The molecule has 0 saturated carbocycles. The van der Waals surface area contributed by atoms with Crippen molar-refractivity contribution in [1.82, 2.24) is 10.3 Å². The van der Waals surface area contributed by atoms with Crippen molar-refractivity contribution in [3.8, 4) is 5.75 Å². The van der Waals surface area contributed by atoms with Gasteiger partial charge in [-0.05, 0) is 44.5 Å². The zero-order valence-electron chi connectivity index (χ0n) is 11.6. The van der Waals surface area contributed by atoms with E-state index < -0.39 is 0 Å². The third-order valence-corrected chi connectivity index (χ3v) is 3.90. The SMILES string of the molecule is COc1ccc(CCNC(C)c2csc(C)n2)cc1. The summed E-state index contributed by atoms with van der Waals surface area (Å²) in [4.78, 5) is 4.50. The maximum atomic E-state index is 5.15. The number of nitrogens with one attached hydrogen (secondary N) is 1. The van der Waals surface area contributed by atoms with E-state index in [0.717, 1.165) is 29.4 Å². The molecular weight excluding hydrogens is 256 g/mol. The molecule has 0 saturated heterocycles. The second-order valence-corrected chi connectivity index (χ2v) is 5.63. The summed E-state index contributed by atoms with van der Waals surface area (Å²) in [7, 11) is 1.69. The maximum absolute atomic E-state index is 5.15. The van der Waals surface area contributed by atoms with E-state index in [1.165, 1.54) is 5.56 Å². The molecule has 2 rings (SSSR count). The molecule has 102 valence electrons. The summed E-state index contributed by atoms with van der Waals surface area (Å²) in [5.74, 6) is 0.906. The topological polar surface area (TPSA) is 34.1 Å². The van der Waals surface area contributed by atoms with Crippen LogP contribution in [0.2, 0.25) is 0 Å². The van der Waals surface area contributed by atoms with Gasteiger partial charge in [0.25, 0.3) is 0 Å². The average Bonchev–Trinajstić information content (AvgIpc) is 2.86. The Labute approximate surface area is 118 Å². The second kappa shape index (κ2) is 6.68. The minimum atomic E-state index is 0.309. The van der Waals surface area contributed by atoms with Crippen LogP contribution >= 0.6 is 11.3 Å². The van der Waals surface area contributed by atoms with Gasteiger partial charge in [-0.3, -0.25) is 0 Å². The summed E-state index contributed by atoms with van der Waals surface area (Å²) >= 11 is 1.70. The molecule has 0 aliphatic carbocycles. The molecule has 0 aliphatic rings. The van der Waals surface area contributed by atoms with Crippen LogP contribution in [0.25, 0.3) is 0 Å². The number of thiazole rings is 1. The number of hydrogen-bond donors (Lipinski definition) is 1. The van der Waals surface area contributed by atoms with Gasteiger partial charge in [0, 0.05) is 11.4 Å². The molecule has 1 aromatic heterocycles. The number of ether oxygens (including phenoxy) is 1. The second-order valence-electron chi connectivity index (χ2n) is 4.57. The van der Waals surface area contributed by atoms with Crippen LogP contribution in [0.1, 0.15) is 29.2 Å². The van der Waals surface area contributed by atoms with Crippen molar-refractivity contribution in [2.24, 2.45) is 0 Å². The van der Waals surface area contributed by atoms with E-state index in [2.05, 4.69) is 34.7 Å². The Morgan fingerprint density at radius 3 is 2.63 bits per heavy atom. The molecule has 1 heterocycles. The Morgan fingerprint density at radius 2 is 2.05 bits per heavy atom. The number of rotatable bonds is 6. The number of aryl methyl sites for hydroxylation is 1. The predicted octanol–water partition coefficient (Wildman–Crippen LogP) is 3.35. The summed E-state index contributed by atoms with van der Waals surface area (Å²) in [5.41, 5.74) is 2.45. The van der Waals surface area contributed by atoms with Crippen molar-refractivity contribution < 1.29 is 4.74 Å². The van der Waals surface area contributed by atoms with Crippen molar-refractivity contribution in [3.63, 3.8) is 0 Å². The molecule has 1 aromatic carbocycles. The van der Waals surface area contributed by atoms with E-state index in [1.54, 1.807) is 18.4 Å². The molecule has 3 nitrogen and oxygen atoms in total. The predicted molar refractivity (Wildman–Crippen MR) is 80.0 cm³/mol. The molecule has 0 radical (unpaired) electrons. The highest BCUT2D eigenvalue weighted by Crippen LogP contribution is 2.16. The van der Waals surface area contributed by atoms with Gasteiger partial charge in [0.15, 0.2) is 0 Å². The van der Waals surface area contributed by atoms with Crippen LogP contribution < -0.4 is 10.1 Å². The number of nitrogens with zero attached hydrogens (tertiary/aromatic N) is 1. The third-order valence-electron chi connectivity index (χ3n) is 3.10. The number of aromatic nitrogens is 1. The fraction of sp³-hybridized carbons (Fsp3) is 0.400. The van der Waals surface area contributed by atoms with Gasteiger partial charge in [0.05, 0.1) is 17.8 Å². The summed E-state index contributed by atoms with van der Waals surface area (Å²) in [6, 6.07) is 8.53. The van der Waals surface area contributed by atoms with Crippen LogP contribution in [0, 0.1) is 6.92 Å². The smallest absolute Gasteiger partial charge is 0.118 e. The van der Waals surface area contributed by atoms with Gasteiger partial charge in [-0.15, -0.1) is 11.3 Å². The Balaban J connectivity index is 1.79. The van der Waals surface area contributed by atoms with Gasteiger partial charge in [0.2, 0.25) is 0 Å². The summed E-state index contributed by atoms with van der Waals surface area (Å²) in [6.07, 6.45) is 1.01. The highest BCUT2D eigenvalue weighted by Gasteiger charge is 2.07. The van der Waals surface area contributed by atoms with E-state index in [4.69, 9.17) is 4.74 Å². The summed E-state index contributed by atoms with van der Waals surface area (Å²) < 4.78 is 5.15. The molecule has 0 aliphatic heterocycles. The van der Waals surface area contributed by atoms with Gasteiger partial charge in [-0.2, -0.15) is 0 Å². The lowest BCUT2D eigenvalue weighted by Gasteiger charge is -2.11. The molecule has 1 N–H and O–H groups in total. The van der Waals surface area contributed by atoms with Crippen molar-refractivity contribution >= 4 is 11.3 Å². The molecule has 0 amide bonds. The normalized spacial score (nSPS) is 12.4. The van der Waals surface area contributed by atoms with Crippen molar-refractivity contribution in [3.05, 3.63) is 45.9 Å². The molecule has 1 atom stereocenters. The molecular formula is C15H20N2OS. The minimum absolute atomic E-state index is 0.309. The van der Waals surface area contributed by atoms with Gasteiger partial charge in [0.1, 0.15) is 5.75 Å². The Kier molecular flexibility index (Phi) is 4.93. The van der Waals surface area contributed by atoms with E-state index in [9.17, 15) is 0 Å². The Morgan fingerprint density at radius 1 is 1.32 bits per heavy atom. The van der Waals surface area contributed by atoms with Crippen LogP contribution in [0.4, 0.5) is 0 Å². The first-order valence-electron chi connectivity index (χ1n) is 6.47. The zero-order chi connectivity index (χ0) is 13.7. The molecule has 0 bridgehead atoms. The van der Waals surface area contributed by atoms with Crippen LogP contribution in [0.5, 0.6) is 5.75 Å². The van der Waals surface area contributed by atoms with Crippen LogP contribution in [0.15, 0.2) is 29.6 Å². The fourth-order valence-electron chi connectivity index (χ4n) is 1.91. The van der Waals surface area contributed by atoms with E-state index >= 15 is 0 Å². The molecule has 0 spiro atoms. The zero-order valence-corrected chi connectivity index (χ0v) is 12.5. The Bertz CT molecular complexity index is 507. The molecule has 19 heavy (non-hydrogen) atoms. The first-order chi connectivity index (χ1) is 9.19. The standard InChI is InChI=1S/C15H20N2OS/c1-11(15-10-19-12(2)17-15)16-9-8-13-4-6-14(18-3)7-5-13/h4-7,10-11,16H,8-9H2,1-3H3. The summed E-state index contributed by atoms with van der Waals surface area (Å²) in [6.45, 7) is 5.14. The van der Waals surface area contributed by atoms with Gasteiger partial charge in [-0.25, -0.2) is 4.98 Å². The van der Waals surface area contributed by atoms with Crippen molar-refractivity contribution in [2.45, 2.75) is 26.3 Å². The van der Waals surface area contributed by atoms with Gasteiger partial charge in [-0.1, -0.05) is 12.1 Å². The third kappa shape index (κ3) is 4.04. The molecule has 0 fully saturated rings. The van der Waals surface area contributed by atoms with Crippen LogP contribution in [-0.4, -0.2) is 18.6 Å². The monoisotopic (exact) mass is 276 g/mol. The van der Waals surface area contributed by atoms with Crippen molar-refractivity contribution in [1.29, 1.82) is 0 Å². The van der Waals surface area contributed by atoms with E-state index in [-0.39, 0.29) is 0 Å². The van der Waals surface area contributed by atoms with E-state index in [1.807, 2.05) is 19.1 Å². The lowest BCUT2D eigenvalue weighted by atomic mass is 10.1. The van der Waals surface area contributed by atoms with Crippen LogP contribution in [0.3, 0.4) is 0 Å². The highest BCUT2D eigenvalue weighted by molar-refractivity contribution is 7.09. The van der Waals surface area contributed by atoms with Gasteiger partial charge < -0.3 is 10.1 Å². The molecule has 2 aromatic rings. The maximum Gasteiger partial charge on any atom is 0.118 e. The lowest BCUT2D eigenvalue weighted by molar-refractivity contribution is 0.414. The highest BCUT2D eigenvalue weighted by atomic mass is 32.1. The number of hydrogen-bond acceptors (Lipinski definition) is 4. The quantitative estimate of drug-likeness (QED) is 0.878. The number of methoxy groups -OCH3 is 1. The largest absolute Gasteiger partial charge is 0.497 e. The van der Waals surface area contributed by atoms with E-state index in [0.29, 0.717) is 6.04 Å². The summed E-state index contributed by atoms with van der Waals surface area (Å²) in [5, 5.41) is 6.75. The average molecular weight is 276 g/mol.